The lowest BCUT2D eigenvalue weighted by Crippen LogP contribution is -2.39. The Labute approximate surface area is 122 Å². The lowest BCUT2D eigenvalue weighted by molar-refractivity contribution is -0.138. The molecule has 1 aliphatic rings. The van der Waals surface area contributed by atoms with Crippen molar-refractivity contribution in [3.63, 3.8) is 0 Å². The van der Waals surface area contributed by atoms with Gasteiger partial charge >= 0.3 is 6.18 Å². The monoisotopic (exact) mass is 302 g/mol. The summed E-state index contributed by atoms with van der Waals surface area (Å²) in [7, 11) is 1.64. The van der Waals surface area contributed by atoms with Gasteiger partial charge in [-0.25, -0.2) is 0 Å². The SMILES string of the molecule is COC1CCCN(c2ccc(CCN)c(C(F)(F)F)c2)C1. The van der Waals surface area contributed by atoms with E-state index in [2.05, 4.69) is 0 Å². The Morgan fingerprint density at radius 3 is 2.76 bits per heavy atom. The molecule has 1 fully saturated rings. The summed E-state index contributed by atoms with van der Waals surface area (Å²) in [6, 6.07) is 4.53. The van der Waals surface area contributed by atoms with E-state index in [0.717, 1.165) is 19.4 Å². The fourth-order valence-corrected chi connectivity index (χ4v) is 2.76. The molecule has 1 saturated heterocycles. The van der Waals surface area contributed by atoms with Crippen molar-refractivity contribution in [3.05, 3.63) is 29.3 Å². The minimum atomic E-state index is -4.35. The number of halogens is 3. The van der Waals surface area contributed by atoms with Crippen LogP contribution in [0.2, 0.25) is 0 Å². The Morgan fingerprint density at radius 2 is 2.14 bits per heavy atom. The van der Waals surface area contributed by atoms with Crippen LogP contribution in [0.3, 0.4) is 0 Å². The van der Waals surface area contributed by atoms with Crippen LogP contribution in [0.5, 0.6) is 0 Å². The van der Waals surface area contributed by atoms with Crippen LogP contribution in [-0.4, -0.2) is 32.8 Å². The Bertz CT molecular complexity index is 476. The molecule has 1 heterocycles. The van der Waals surface area contributed by atoms with E-state index < -0.39 is 11.7 Å². The standard InChI is InChI=1S/C15H21F3N2O/c1-21-13-3-2-8-20(10-13)12-5-4-11(6-7-19)14(9-12)15(16,17)18/h4-5,9,13H,2-3,6-8,10,19H2,1H3. The van der Waals surface area contributed by atoms with Crippen molar-refractivity contribution in [2.24, 2.45) is 5.73 Å². The molecule has 0 aliphatic carbocycles. The van der Waals surface area contributed by atoms with Crippen LogP contribution in [0, 0.1) is 0 Å². The number of ether oxygens (including phenoxy) is 1. The second-order valence-corrected chi connectivity index (χ2v) is 5.32. The third kappa shape index (κ3) is 3.89. The zero-order valence-corrected chi connectivity index (χ0v) is 12.1. The summed E-state index contributed by atoms with van der Waals surface area (Å²) in [6.07, 6.45) is -2.17. The van der Waals surface area contributed by atoms with Gasteiger partial charge in [0.15, 0.2) is 0 Å². The highest BCUT2D eigenvalue weighted by atomic mass is 19.4. The maximum Gasteiger partial charge on any atom is 0.416 e. The molecule has 1 unspecified atom stereocenters. The van der Waals surface area contributed by atoms with Crippen LogP contribution in [0.15, 0.2) is 18.2 Å². The number of methoxy groups -OCH3 is 1. The molecule has 1 aromatic rings. The van der Waals surface area contributed by atoms with E-state index >= 15 is 0 Å². The lowest BCUT2D eigenvalue weighted by atomic mass is 10.0. The van der Waals surface area contributed by atoms with Crippen LogP contribution in [-0.2, 0) is 17.3 Å². The topological polar surface area (TPSA) is 38.5 Å². The molecule has 21 heavy (non-hydrogen) atoms. The highest BCUT2D eigenvalue weighted by Crippen LogP contribution is 2.35. The normalized spacial score (nSPS) is 19.9. The highest BCUT2D eigenvalue weighted by Gasteiger charge is 2.34. The van der Waals surface area contributed by atoms with Crippen LogP contribution in [0.25, 0.3) is 0 Å². The van der Waals surface area contributed by atoms with Gasteiger partial charge in [-0.05, 0) is 43.5 Å². The average molecular weight is 302 g/mol. The van der Waals surface area contributed by atoms with Crippen LogP contribution >= 0.6 is 0 Å². The maximum absolute atomic E-state index is 13.2. The van der Waals surface area contributed by atoms with Gasteiger partial charge in [-0.1, -0.05) is 6.07 Å². The summed E-state index contributed by atoms with van der Waals surface area (Å²) in [5, 5.41) is 0. The van der Waals surface area contributed by atoms with Gasteiger partial charge in [-0.15, -0.1) is 0 Å². The van der Waals surface area contributed by atoms with Crippen molar-refractivity contribution >= 4 is 5.69 Å². The highest BCUT2D eigenvalue weighted by molar-refractivity contribution is 5.52. The molecule has 2 N–H and O–H groups in total. The number of hydrogen-bond donors (Lipinski definition) is 1. The van der Waals surface area contributed by atoms with Gasteiger partial charge in [0.2, 0.25) is 0 Å². The van der Waals surface area contributed by atoms with Crippen molar-refractivity contribution in [1.82, 2.24) is 0 Å². The van der Waals surface area contributed by atoms with Gasteiger partial charge in [-0.2, -0.15) is 13.2 Å². The first-order valence-electron chi connectivity index (χ1n) is 7.13. The third-order valence-corrected chi connectivity index (χ3v) is 3.89. The van der Waals surface area contributed by atoms with E-state index in [-0.39, 0.29) is 24.6 Å². The van der Waals surface area contributed by atoms with Gasteiger partial charge in [0.25, 0.3) is 0 Å². The molecule has 6 heteroatoms. The fraction of sp³-hybridized carbons (Fsp3) is 0.600. The van der Waals surface area contributed by atoms with Gasteiger partial charge in [0.05, 0.1) is 11.7 Å². The quantitative estimate of drug-likeness (QED) is 0.929. The first kappa shape index (κ1) is 16.1. The number of nitrogens with zero attached hydrogens (tertiary/aromatic N) is 1. The number of nitrogens with two attached hydrogens (primary N) is 1. The van der Waals surface area contributed by atoms with E-state index in [1.165, 1.54) is 6.07 Å². The van der Waals surface area contributed by atoms with E-state index in [4.69, 9.17) is 10.5 Å². The van der Waals surface area contributed by atoms with E-state index in [1.807, 2.05) is 4.90 Å². The zero-order chi connectivity index (χ0) is 15.5. The molecular weight excluding hydrogens is 281 g/mol. The number of piperidine rings is 1. The lowest BCUT2D eigenvalue weighted by Gasteiger charge is -2.34. The number of benzene rings is 1. The molecule has 118 valence electrons. The predicted octanol–water partition coefficient (Wildman–Crippen LogP) is 2.82. The van der Waals surface area contributed by atoms with E-state index in [1.54, 1.807) is 19.2 Å². The molecule has 0 spiro atoms. The first-order valence-corrected chi connectivity index (χ1v) is 7.13. The molecule has 0 aromatic heterocycles. The summed E-state index contributed by atoms with van der Waals surface area (Å²) in [6.45, 7) is 1.59. The molecule has 0 amide bonds. The Morgan fingerprint density at radius 1 is 1.38 bits per heavy atom. The van der Waals surface area contributed by atoms with E-state index in [9.17, 15) is 13.2 Å². The molecule has 0 radical (unpaired) electrons. The van der Waals surface area contributed by atoms with Gasteiger partial charge < -0.3 is 15.4 Å². The second-order valence-electron chi connectivity index (χ2n) is 5.32. The molecule has 1 aromatic carbocycles. The summed E-state index contributed by atoms with van der Waals surface area (Å²) >= 11 is 0. The predicted molar refractivity (Wildman–Crippen MR) is 76.4 cm³/mol. The van der Waals surface area contributed by atoms with Crippen molar-refractivity contribution in [2.45, 2.75) is 31.5 Å². The summed E-state index contributed by atoms with van der Waals surface area (Å²) in [5.41, 5.74) is 5.68. The van der Waals surface area contributed by atoms with Crippen molar-refractivity contribution in [3.8, 4) is 0 Å². The minimum absolute atomic E-state index is 0.0804. The van der Waals surface area contributed by atoms with Crippen molar-refractivity contribution in [2.75, 3.05) is 31.6 Å². The number of alkyl halides is 3. The number of rotatable bonds is 4. The van der Waals surface area contributed by atoms with E-state index in [0.29, 0.717) is 12.2 Å². The Hall–Kier alpha value is -1.27. The first-order chi connectivity index (χ1) is 9.95. The minimum Gasteiger partial charge on any atom is -0.380 e. The average Bonchev–Trinajstić information content (AvgIpc) is 2.47. The molecule has 1 aliphatic heterocycles. The number of hydrogen-bond acceptors (Lipinski definition) is 3. The molecule has 0 bridgehead atoms. The molecule has 2 rings (SSSR count). The maximum atomic E-state index is 13.2. The van der Waals surface area contributed by atoms with Crippen LogP contribution in [0.4, 0.5) is 18.9 Å². The molecule has 3 nitrogen and oxygen atoms in total. The largest absolute Gasteiger partial charge is 0.416 e. The van der Waals surface area contributed by atoms with Crippen molar-refractivity contribution < 1.29 is 17.9 Å². The van der Waals surface area contributed by atoms with Crippen LogP contribution in [0.1, 0.15) is 24.0 Å². The fourth-order valence-electron chi connectivity index (χ4n) is 2.76. The zero-order valence-electron chi connectivity index (χ0n) is 12.1. The molecule has 1 atom stereocenters. The summed E-state index contributed by atoms with van der Waals surface area (Å²) < 4.78 is 44.9. The summed E-state index contributed by atoms with van der Waals surface area (Å²) in [5.74, 6) is 0. The number of anilines is 1. The molecule has 0 saturated carbocycles. The summed E-state index contributed by atoms with van der Waals surface area (Å²) in [4.78, 5) is 1.96. The van der Waals surface area contributed by atoms with Gasteiger partial charge in [0, 0.05) is 25.9 Å². The van der Waals surface area contributed by atoms with Gasteiger partial charge in [-0.3, -0.25) is 0 Å². The Balaban J connectivity index is 2.28. The second kappa shape index (κ2) is 6.66. The third-order valence-electron chi connectivity index (χ3n) is 3.89. The van der Waals surface area contributed by atoms with Crippen LogP contribution < -0.4 is 10.6 Å². The van der Waals surface area contributed by atoms with Crippen molar-refractivity contribution in [1.29, 1.82) is 0 Å². The Kier molecular flexibility index (Phi) is 5.11. The molecular formula is C15H21F3N2O. The smallest absolute Gasteiger partial charge is 0.380 e. The van der Waals surface area contributed by atoms with Gasteiger partial charge in [0.1, 0.15) is 0 Å².